The summed E-state index contributed by atoms with van der Waals surface area (Å²) in [6.45, 7) is 6.81. The van der Waals surface area contributed by atoms with Crippen LogP contribution in [0, 0.1) is 18.3 Å². The molecule has 0 aliphatic carbocycles. The van der Waals surface area contributed by atoms with Gasteiger partial charge in [0.05, 0.1) is 5.54 Å². The second-order valence-corrected chi connectivity index (χ2v) is 3.44. The van der Waals surface area contributed by atoms with Crippen molar-refractivity contribution in [3.8, 4) is 12.3 Å². The molecule has 0 aromatic heterocycles. The van der Waals surface area contributed by atoms with E-state index in [4.69, 9.17) is 11.5 Å². The SMILES string of the molecule is C#CC(C)(C)NCC(C)CO. The molecule has 0 aromatic carbocycles. The van der Waals surface area contributed by atoms with Gasteiger partial charge in [-0.05, 0) is 19.8 Å². The number of aliphatic hydroxyl groups is 1. The van der Waals surface area contributed by atoms with Crippen molar-refractivity contribution in [3.63, 3.8) is 0 Å². The van der Waals surface area contributed by atoms with Crippen LogP contribution in [0.25, 0.3) is 0 Å². The lowest BCUT2D eigenvalue weighted by Gasteiger charge is -2.21. The van der Waals surface area contributed by atoms with E-state index >= 15 is 0 Å². The predicted octanol–water partition coefficient (Wildman–Crippen LogP) is 0.616. The quantitative estimate of drug-likeness (QED) is 0.583. The third kappa shape index (κ3) is 4.83. The molecule has 0 amide bonds. The van der Waals surface area contributed by atoms with Gasteiger partial charge >= 0.3 is 0 Å². The summed E-state index contributed by atoms with van der Waals surface area (Å²) in [4.78, 5) is 0. The zero-order chi connectivity index (χ0) is 8.91. The van der Waals surface area contributed by atoms with Crippen LogP contribution in [0.3, 0.4) is 0 Å². The number of aliphatic hydroxyl groups excluding tert-OH is 1. The van der Waals surface area contributed by atoms with Gasteiger partial charge in [0.15, 0.2) is 0 Å². The Morgan fingerprint density at radius 1 is 1.64 bits per heavy atom. The molecular formula is C9H17NO. The molecule has 1 atom stereocenters. The smallest absolute Gasteiger partial charge is 0.0741 e. The number of nitrogens with one attached hydrogen (secondary N) is 1. The fourth-order valence-corrected chi connectivity index (χ4v) is 0.545. The van der Waals surface area contributed by atoms with E-state index in [-0.39, 0.29) is 18.1 Å². The molecule has 0 bridgehead atoms. The van der Waals surface area contributed by atoms with Gasteiger partial charge in [-0.15, -0.1) is 6.42 Å². The maximum atomic E-state index is 8.71. The summed E-state index contributed by atoms with van der Waals surface area (Å²) in [5.74, 6) is 2.89. The van der Waals surface area contributed by atoms with Gasteiger partial charge in [0.1, 0.15) is 0 Å². The summed E-state index contributed by atoms with van der Waals surface area (Å²) in [7, 11) is 0. The highest BCUT2D eigenvalue weighted by Crippen LogP contribution is 2.00. The van der Waals surface area contributed by atoms with Crippen LogP contribution in [0.15, 0.2) is 0 Å². The summed E-state index contributed by atoms with van der Waals surface area (Å²) in [5, 5.41) is 11.9. The Morgan fingerprint density at radius 2 is 2.18 bits per heavy atom. The molecular weight excluding hydrogens is 138 g/mol. The number of hydrogen-bond donors (Lipinski definition) is 2. The van der Waals surface area contributed by atoms with Gasteiger partial charge in [-0.25, -0.2) is 0 Å². The van der Waals surface area contributed by atoms with Crippen LogP contribution in [0.2, 0.25) is 0 Å². The highest BCUT2D eigenvalue weighted by atomic mass is 16.3. The van der Waals surface area contributed by atoms with Crippen molar-refractivity contribution in [1.82, 2.24) is 5.32 Å². The van der Waals surface area contributed by atoms with E-state index in [1.807, 2.05) is 20.8 Å². The lowest BCUT2D eigenvalue weighted by Crippen LogP contribution is -2.40. The molecule has 0 saturated carbocycles. The van der Waals surface area contributed by atoms with Crippen LogP contribution in [0.1, 0.15) is 20.8 Å². The molecule has 0 fully saturated rings. The first-order chi connectivity index (χ1) is 5.02. The first-order valence-corrected chi connectivity index (χ1v) is 3.85. The monoisotopic (exact) mass is 155 g/mol. The van der Waals surface area contributed by atoms with E-state index < -0.39 is 0 Å². The average molecular weight is 155 g/mol. The first-order valence-electron chi connectivity index (χ1n) is 3.85. The summed E-state index contributed by atoms with van der Waals surface area (Å²) >= 11 is 0. The van der Waals surface area contributed by atoms with Crippen molar-refractivity contribution in [2.24, 2.45) is 5.92 Å². The van der Waals surface area contributed by atoms with Gasteiger partial charge in [0.2, 0.25) is 0 Å². The highest BCUT2D eigenvalue weighted by Gasteiger charge is 2.13. The van der Waals surface area contributed by atoms with E-state index in [1.165, 1.54) is 0 Å². The van der Waals surface area contributed by atoms with Crippen LogP contribution < -0.4 is 5.32 Å². The molecule has 1 unspecified atom stereocenters. The summed E-state index contributed by atoms with van der Waals surface area (Å²) < 4.78 is 0. The molecule has 0 aliphatic rings. The van der Waals surface area contributed by atoms with Gasteiger partial charge < -0.3 is 10.4 Å². The molecule has 0 aromatic rings. The van der Waals surface area contributed by atoms with Crippen molar-refractivity contribution >= 4 is 0 Å². The zero-order valence-corrected chi connectivity index (χ0v) is 7.52. The van der Waals surface area contributed by atoms with Crippen molar-refractivity contribution in [2.75, 3.05) is 13.2 Å². The van der Waals surface area contributed by atoms with Gasteiger partial charge in [-0.3, -0.25) is 0 Å². The standard InChI is InChI=1S/C9H17NO/c1-5-9(3,4)10-6-8(2)7-11/h1,8,10-11H,6-7H2,2-4H3. The largest absolute Gasteiger partial charge is 0.396 e. The van der Waals surface area contributed by atoms with Crippen molar-refractivity contribution in [1.29, 1.82) is 0 Å². The molecule has 0 spiro atoms. The van der Waals surface area contributed by atoms with Gasteiger partial charge in [0, 0.05) is 13.2 Å². The molecule has 0 aliphatic heterocycles. The molecule has 0 heterocycles. The van der Waals surface area contributed by atoms with Crippen LogP contribution in [-0.4, -0.2) is 23.8 Å². The maximum Gasteiger partial charge on any atom is 0.0741 e. The van der Waals surface area contributed by atoms with E-state index in [9.17, 15) is 0 Å². The second-order valence-electron chi connectivity index (χ2n) is 3.44. The minimum absolute atomic E-state index is 0.202. The van der Waals surface area contributed by atoms with E-state index in [0.29, 0.717) is 0 Å². The Bertz CT molecular complexity index is 146. The third-order valence-electron chi connectivity index (χ3n) is 1.56. The average Bonchev–Trinajstić information content (AvgIpc) is 2.00. The number of rotatable bonds is 4. The van der Waals surface area contributed by atoms with Crippen LogP contribution in [0.5, 0.6) is 0 Å². The van der Waals surface area contributed by atoms with Gasteiger partial charge in [0.25, 0.3) is 0 Å². The van der Waals surface area contributed by atoms with E-state index in [2.05, 4.69) is 11.2 Å². The Balaban J connectivity index is 3.63. The van der Waals surface area contributed by atoms with E-state index in [0.717, 1.165) is 6.54 Å². The Morgan fingerprint density at radius 3 is 2.55 bits per heavy atom. The van der Waals surface area contributed by atoms with Crippen molar-refractivity contribution < 1.29 is 5.11 Å². The van der Waals surface area contributed by atoms with Crippen LogP contribution in [-0.2, 0) is 0 Å². The molecule has 0 rings (SSSR count). The van der Waals surface area contributed by atoms with Crippen LogP contribution in [0.4, 0.5) is 0 Å². The lowest BCUT2D eigenvalue weighted by atomic mass is 10.1. The highest BCUT2D eigenvalue weighted by molar-refractivity contribution is 5.07. The second kappa shape index (κ2) is 4.38. The summed E-state index contributed by atoms with van der Waals surface area (Å²) in [6, 6.07) is 0. The minimum atomic E-state index is -0.260. The summed E-state index contributed by atoms with van der Waals surface area (Å²) in [5.41, 5.74) is -0.260. The third-order valence-corrected chi connectivity index (χ3v) is 1.56. The Hall–Kier alpha value is -0.520. The maximum absolute atomic E-state index is 8.71. The number of terminal acetylenes is 1. The molecule has 64 valence electrons. The molecule has 2 heteroatoms. The van der Waals surface area contributed by atoms with Gasteiger partial charge in [-0.1, -0.05) is 12.8 Å². The molecule has 0 saturated heterocycles. The van der Waals surface area contributed by atoms with Crippen molar-refractivity contribution in [2.45, 2.75) is 26.3 Å². The van der Waals surface area contributed by atoms with Gasteiger partial charge in [-0.2, -0.15) is 0 Å². The lowest BCUT2D eigenvalue weighted by molar-refractivity contribution is 0.228. The van der Waals surface area contributed by atoms with E-state index in [1.54, 1.807) is 0 Å². The molecule has 11 heavy (non-hydrogen) atoms. The predicted molar refractivity (Wildman–Crippen MR) is 47.2 cm³/mol. The molecule has 2 N–H and O–H groups in total. The molecule has 2 nitrogen and oxygen atoms in total. The van der Waals surface area contributed by atoms with Crippen LogP contribution >= 0.6 is 0 Å². The minimum Gasteiger partial charge on any atom is -0.396 e. The normalized spacial score (nSPS) is 14.1. The zero-order valence-electron chi connectivity index (χ0n) is 7.52. The fourth-order valence-electron chi connectivity index (χ4n) is 0.545. The topological polar surface area (TPSA) is 32.3 Å². The Kier molecular flexibility index (Phi) is 4.17. The Labute approximate surface area is 69.0 Å². The van der Waals surface area contributed by atoms with Crippen molar-refractivity contribution in [3.05, 3.63) is 0 Å². The fraction of sp³-hybridized carbons (Fsp3) is 0.778. The molecule has 0 radical (unpaired) electrons. The summed E-state index contributed by atoms with van der Waals surface area (Å²) in [6.07, 6.45) is 5.26. The first kappa shape index (κ1) is 10.5. The number of hydrogen-bond acceptors (Lipinski definition) is 2.